The van der Waals surface area contributed by atoms with Gasteiger partial charge in [-0.3, -0.25) is 4.99 Å². The number of nitrogens with zero attached hydrogens (tertiary/aromatic N) is 4. The molecule has 0 aromatic carbocycles. The molecule has 2 aromatic rings. The summed E-state index contributed by atoms with van der Waals surface area (Å²) in [4.78, 5) is 9.30. The van der Waals surface area contributed by atoms with Crippen LogP contribution in [0.3, 0.4) is 0 Å². The van der Waals surface area contributed by atoms with Crippen LogP contribution in [-0.2, 0) is 19.4 Å². The molecular weight excluding hydrogens is 328 g/mol. The molecule has 1 atom stereocenters. The Balaban J connectivity index is 1.38. The topological polar surface area (TPSA) is 80.3 Å². The van der Waals surface area contributed by atoms with Gasteiger partial charge in [0.2, 0.25) is 0 Å². The van der Waals surface area contributed by atoms with Crippen molar-refractivity contribution in [2.45, 2.75) is 70.5 Å². The van der Waals surface area contributed by atoms with Crippen molar-refractivity contribution in [3.63, 3.8) is 0 Å². The van der Waals surface area contributed by atoms with Gasteiger partial charge in [-0.25, -0.2) is 9.67 Å². The average molecular weight is 356 g/mol. The molecule has 2 aliphatic rings. The Morgan fingerprint density at radius 1 is 1.27 bits per heavy atom. The number of hydrogen-bond acceptors (Lipinski definition) is 4. The molecule has 0 bridgehead atoms. The highest BCUT2D eigenvalue weighted by Gasteiger charge is 2.23. The van der Waals surface area contributed by atoms with Crippen LogP contribution in [0.25, 0.3) is 0 Å². The fraction of sp³-hybridized carbons (Fsp3) is 0.632. The van der Waals surface area contributed by atoms with Gasteiger partial charge in [0.05, 0.1) is 12.8 Å². The van der Waals surface area contributed by atoms with Crippen LogP contribution in [0, 0.1) is 6.92 Å². The highest BCUT2D eigenvalue weighted by atomic mass is 16.3. The summed E-state index contributed by atoms with van der Waals surface area (Å²) in [6, 6.07) is 4.80. The molecule has 7 heteroatoms. The van der Waals surface area contributed by atoms with Crippen molar-refractivity contribution in [2.24, 2.45) is 4.99 Å². The van der Waals surface area contributed by atoms with Gasteiger partial charge in [-0.05, 0) is 38.3 Å². The predicted octanol–water partition coefficient (Wildman–Crippen LogP) is 2.21. The third-order valence-electron chi connectivity index (χ3n) is 5.21. The Labute approximate surface area is 154 Å². The molecule has 0 saturated heterocycles. The first kappa shape index (κ1) is 17.1. The van der Waals surface area contributed by atoms with E-state index in [-0.39, 0.29) is 0 Å². The Kier molecular flexibility index (Phi) is 5.22. The van der Waals surface area contributed by atoms with E-state index in [2.05, 4.69) is 20.7 Å². The number of fused-ring (bicyclic) bond motifs is 1. The molecule has 2 aromatic heterocycles. The van der Waals surface area contributed by atoms with Crippen LogP contribution >= 0.6 is 0 Å². The maximum atomic E-state index is 5.41. The summed E-state index contributed by atoms with van der Waals surface area (Å²) < 4.78 is 7.45. The number of furan rings is 1. The van der Waals surface area contributed by atoms with E-state index in [1.165, 1.54) is 25.7 Å². The maximum Gasteiger partial charge on any atom is 0.191 e. The minimum absolute atomic E-state index is 0.333. The standard InChI is InChI=1S/C19H28N6O/c1-14-21-18-9-8-16(13-25(18)24-14)23-19(22-15-5-2-3-6-15)20-11-10-17-7-4-12-26-17/h4,7,12,15-16H,2-3,5-6,8-11,13H2,1H3,(H2,20,22,23). The van der Waals surface area contributed by atoms with Crippen molar-refractivity contribution in [1.29, 1.82) is 0 Å². The summed E-state index contributed by atoms with van der Waals surface area (Å²) in [7, 11) is 0. The van der Waals surface area contributed by atoms with E-state index in [0.29, 0.717) is 12.1 Å². The van der Waals surface area contributed by atoms with E-state index in [1.807, 2.05) is 23.7 Å². The van der Waals surface area contributed by atoms with Crippen LogP contribution in [0.2, 0.25) is 0 Å². The first-order valence-corrected chi connectivity index (χ1v) is 9.76. The summed E-state index contributed by atoms with van der Waals surface area (Å²) >= 11 is 0. The second kappa shape index (κ2) is 7.93. The molecule has 7 nitrogen and oxygen atoms in total. The van der Waals surface area contributed by atoms with Gasteiger partial charge in [0.1, 0.15) is 17.4 Å². The lowest BCUT2D eigenvalue weighted by Crippen LogP contribution is -2.49. The third-order valence-corrected chi connectivity index (χ3v) is 5.21. The molecule has 3 heterocycles. The lowest BCUT2D eigenvalue weighted by atomic mass is 10.1. The number of guanidine groups is 1. The molecule has 1 unspecified atom stereocenters. The number of hydrogen-bond donors (Lipinski definition) is 2. The van der Waals surface area contributed by atoms with Crippen molar-refractivity contribution in [2.75, 3.05) is 6.54 Å². The van der Waals surface area contributed by atoms with Gasteiger partial charge in [0.15, 0.2) is 5.96 Å². The lowest BCUT2D eigenvalue weighted by Gasteiger charge is -2.27. The minimum atomic E-state index is 0.333. The summed E-state index contributed by atoms with van der Waals surface area (Å²) in [6.45, 7) is 3.52. The smallest absolute Gasteiger partial charge is 0.191 e. The van der Waals surface area contributed by atoms with Crippen molar-refractivity contribution in [3.05, 3.63) is 35.8 Å². The molecule has 0 spiro atoms. The largest absolute Gasteiger partial charge is 0.469 e. The predicted molar refractivity (Wildman–Crippen MR) is 100 cm³/mol. The zero-order valence-corrected chi connectivity index (χ0v) is 15.4. The van der Waals surface area contributed by atoms with Crippen molar-refractivity contribution >= 4 is 5.96 Å². The average Bonchev–Trinajstić information content (AvgIpc) is 3.35. The Hall–Kier alpha value is -2.31. The monoisotopic (exact) mass is 356 g/mol. The quantitative estimate of drug-likeness (QED) is 0.634. The maximum absolute atomic E-state index is 5.41. The van der Waals surface area contributed by atoms with E-state index in [1.54, 1.807) is 6.26 Å². The van der Waals surface area contributed by atoms with Gasteiger partial charge in [-0.1, -0.05) is 12.8 Å². The summed E-state index contributed by atoms with van der Waals surface area (Å²) in [5.41, 5.74) is 0. The van der Waals surface area contributed by atoms with Gasteiger partial charge in [0, 0.05) is 31.5 Å². The second-order valence-electron chi connectivity index (χ2n) is 7.32. The molecule has 140 valence electrons. The van der Waals surface area contributed by atoms with E-state index < -0.39 is 0 Å². The molecule has 1 fully saturated rings. The number of nitrogens with one attached hydrogen (secondary N) is 2. The lowest BCUT2D eigenvalue weighted by molar-refractivity contribution is 0.390. The number of rotatable bonds is 5. The summed E-state index contributed by atoms with van der Waals surface area (Å²) in [5.74, 6) is 3.86. The molecule has 4 rings (SSSR count). The summed E-state index contributed by atoms with van der Waals surface area (Å²) in [5, 5.41) is 11.8. The van der Waals surface area contributed by atoms with Crippen molar-refractivity contribution < 1.29 is 4.42 Å². The van der Waals surface area contributed by atoms with Crippen LogP contribution in [0.5, 0.6) is 0 Å². The third kappa shape index (κ3) is 4.26. The zero-order chi connectivity index (χ0) is 17.8. The Morgan fingerprint density at radius 2 is 2.12 bits per heavy atom. The highest BCUT2D eigenvalue weighted by molar-refractivity contribution is 5.80. The molecule has 2 N–H and O–H groups in total. The van der Waals surface area contributed by atoms with Gasteiger partial charge < -0.3 is 15.1 Å². The molecule has 1 aliphatic carbocycles. The van der Waals surface area contributed by atoms with Crippen LogP contribution in [0.15, 0.2) is 27.8 Å². The first-order valence-electron chi connectivity index (χ1n) is 9.76. The van der Waals surface area contributed by atoms with Crippen LogP contribution in [0.1, 0.15) is 49.5 Å². The Morgan fingerprint density at radius 3 is 2.92 bits per heavy atom. The summed E-state index contributed by atoms with van der Waals surface area (Å²) in [6.07, 6.45) is 9.64. The SMILES string of the molecule is Cc1nc2n(n1)CC(NC(=NCCc1ccco1)NC1CCCC1)CC2. The van der Waals surface area contributed by atoms with Crippen molar-refractivity contribution in [1.82, 2.24) is 25.4 Å². The van der Waals surface area contributed by atoms with Gasteiger partial charge in [0.25, 0.3) is 0 Å². The number of aromatic nitrogens is 3. The fourth-order valence-corrected chi connectivity index (χ4v) is 3.87. The zero-order valence-electron chi connectivity index (χ0n) is 15.4. The second-order valence-corrected chi connectivity index (χ2v) is 7.32. The van der Waals surface area contributed by atoms with Crippen molar-refractivity contribution in [3.8, 4) is 0 Å². The van der Waals surface area contributed by atoms with Crippen LogP contribution in [-0.4, -0.2) is 39.4 Å². The van der Waals surface area contributed by atoms with E-state index in [9.17, 15) is 0 Å². The van der Waals surface area contributed by atoms with E-state index in [0.717, 1.165) is 55.7 Å². The van der Waals surface area contributed by atoms with E-state index in [4.69, 9.17) is 9.41 Å². The van der Waals surface area contributed by atoms with E-state index >= 15 is 0 Å². The van der Waals surface area contributed by atoms with Gasteiger partial charge >= 0.3 is 0 Å². The normalized spacial score (nSPS) is 21.0. The molecule has 1 saturated carbocycles. The van der Waals surface area contributed by atoms with Gasteiger partial charge in [-0.2, -0.15) is 5.10 Å². The fourth-order valence-electron chi connectivity index (χ4n) is 3.87. The Bertz CT molecular complexity index is 729. The molecular formula is C19H28N6O. The molecule has 0 amide bonds. The highest BCUT2D eigenvalue weighted by Crippen LogP contribution is 2.18. The first-order chi connectivity index (χ1) is 12.8. The molecule has 1 aliphatic heterocycles. The van der Waals surface area contributed by atoms with Crippen LogP contribution < -0.4 is 10.6 Å². The minimum Gasteiger partial charge on any atom is -0.469 e. The molecule has 26 heavy (non-hydrogen) atoms. The molecule has 0 radical (unpaired) electrons. The number of aryl methyl sites for hydroxylation is 2. The van der Waals surface area contributed by atoms with Crippen LogP contribution in [0.4, 0.5) is 0 Å². The van der Waals surface area contributed by atoms with Gasteiger partial charge in [-0.15, -0.1) is 0 Å². The number of aliphatic imine (C=N–C) groups is 1.